The second-order valence-electron chi connectivity index (χ2n) is 2.44. The second-order valence-corrected chi connectivity index (χ2v) is 2.44. The molecule has 0 aliphatic rings. The molecule has 1 rings (SSSR count). The first-order valence-corrected chi connectivity index (χ1v) is 3.79. The van der Waals surface area contributed by atoms with E-state index in [4.69, 9.17) is 10.00 Å². The molecule has 1 aromatic heterocycles. The fourth-order valence-corrected chi connectivity index (χ4v) is 0.889. The van der Waals surface area contributed by atoms with Gasteiger partial charge in [0.1, 0.15) is 12.1 Å². The summed E-state index contributed by atoms with van der Waals surface area (Å²) in [5.41, 5.74) is -0.356. The van der Waals surface area contributed by atoms with E-state index in [1.807, 2.05) is 0 Å². The van der Waals surface area contributed by atoms with Gasteiger partial charge < -0.3 is 4.74 Å². The van der Waals surface area contributed by atoms with Crippen molar-refractivity contribution < 1.29 is 13.9 Å². The van der Waals surface area contributed by atoms with Crippen LogP contribution in [0.1, 0.15) is 16.9 Å². The molecule has 1 heterocycles. The number of rotatable bonds is 3. The highest BCUT2D eigenvalue weighted by Crippen LogP contribution is 2.12. The van der Waals surface area contributed by atoms with E-state index in [-0.39, 0.29) is 11.6 Å². The first-order chi connectivity index (χ1) is 6.69. The lowest BCUT2D eigenvalue weighted by Gasteiger charge is -2.01. The van der Waals surface area contributed by atoms with E-state index in [2.05, 4.69) is 4.98 Å². The molecule has 4 nitrogen and oxygen atoms in total. The molecule has 0 saturated carbocycles. The number of hydrogen-bond donors (Lipinski definition) is 0. The number of aromatic nitrogens is 1. The van der Waals surface area contributed by atoms with E-state index in [0.29, 0.717) is 0 Å². The highest BCUT2D eigenvalue weighted by molar-refractivity contribution is 5.95. The SMILES string of the molecule is COc1ccc(F)c(C(=O)CC#N)n1. The molecule has 0 amide bonds. The van der Waals surface area contributed by atoms with Gasteiger partial charge in [0.15, 0.2) is 11.6 Å². The van der Waals surface area contributed by atoms with Gasteiger partial charge in [0.05, 0.1) is 13.2 Å². The van der Waals surface area contributed by atoms with Crippen molar-refractivity contribution in [3.05, 3.63) is 23.6 Å². The van der Waals surface area contributed by atoms with Crippen LogP contribution in [-0.4, -0.2) is 17.9 Å². The minimum atomic E-state index is -0.744. The van der Waals surface area contributed by atoms with E-state index in [0.717, 1.165) is 6.07 Å². The number of carbonyl (C=O) groups is 1. The molecule has 5 heteroatoms. The lowest BCUT2D eigenvalue weighted by atomic mass is 10.2. The average Bonchev–Trinajstić information content (AvgIpc) is 2.19. The van der Waals surface area contributed by atoms with E-state index >= 15 is 0 Å². The molecule has 0 unspecified atom stereocenters. The standard InChI is InChI=1S/C9H7FN2O2/c1-14-8-3-2-6(10)9(12-8)7(13)4-5-11/h2-3H,4H2,1H3. The number of Topliss-reactive ketones (excluding diaryl/α,β-unsaturated/α-hetero) is 1. The van der Waals surface area contributed by atoms with Gasteiger partial charge >= 0.3 is 0 Å². The lowest BCUT2D eigenvalue weighted by molar-refractivity contribution is 0.0987. The summed E-state index contributed by atoms with van der Waals surface area (Å²) in [5, 5.41) is 8.26. The highest BCUT2D eigenvalue weighted by atomic mass is 19.1. The summed E-state index contributed by atoms with van der Waals surface area (Å²) in [4.78, 5) is 14.8. The zero-order valence-corrected chi connectivity index (χ0v) is 7.45. The first kappa shape index (κ1) is 10.1. The van der Waals surface area contributed by atoms with Crippen molar-refractivity contribution in [2.75, 3.05) is 7.11 Å². The summed E-state index contributed by atoms with van der Waals surface area (Å²) >= 11 is 0. The third-order valence-corrected chi connectivity index (χ3v) is 1.53. The summed E-state index contributed by atoms with van der Waals surface area (Å²) < 4.78 is 17.8. The summed E-state index contributed by atoms with van der Waals surface area (Å²) in [7, 11) is 1.36. The van der Waals surface area contributed by atoms with Gasteiger partial charge in [-0.1, -0.05) is 0 Å². The molecule has 0 aliphatic carbocycles. The van der Waals surface area contributed by atoms with Crippen molar-refractivity contribution in [1.82, 2.24) is 4.98 Å². The number of halogens is 1. The second kappa shape index (κ2) is 4.33. The third-order valence-electron chi connectivity index (χ3n) is 1.53. The van der Waals surface area contributed by atoms with Crippen LogP contribution in [0.15, 0.2) is 12.1 Å². The molecule has 0 aliphatic heterocycles. The van der Waals surface area contributed by atoms with E-state index in [1.54, 1.807) is 6.07 Å². The maximum Gasteiger partial charge on any atom is 0.213 e. The Morgan fingerprint density at radius 3 is 3.00 bits per heavy atom. The van der Waals surface area contributed by atoms with Gasteiger partial charge in [-0.05, 0) is 6.07 Å². The molecule has 14 heavy (non-hydrogen) atoms. The fourth-order valence-electron chi connectivity index (χ4n) is 0.889. The molecule has 0 radical (unpaired) electrons. The molecule has 0 bridgehead atoms. The Kier molecular flexibility index (Phi) is 3.13. The van der Waals surface area contributed by atoms with Crippen molar-refractivity contribution >= 4 is 5.78 Å². The van der Waals surface area contributed by atoms with Gasteiger partial charge in [0.25, 0.3) is 0 Å². The average molecular weight is 194 g/mol. The molecule has 72 valence electrons. The first-order valence-electron chi connectivity index (χ1n) is 3.79. The molecule has 0 atom stereocenters. The van der Waals surface area contributed by atoms with Crippen molar-refractivity contribution in [1.29, 1.82) is 5.26 Å². The van der Waals surface area contributed by atoms with E-state index in [9.17, 15) is 9.18 Å². The van der Waals surface area contributed by atoms with Crippen LogP contribution in [0.3, 0.4) is 0 Å². The van der Waals surface area contributed by atoms with Crippen molar-refractivity contribution in [3.63, 3.8) is 0 Å². The fraction of sp³-hybridized carbons (Fsp3) is 0.222. The Morgan fingerprint density at radius 2 is 2.43 bits per heavy atom. The molecule has 0 N–H and O–H groups in total. The van der Waals surface area contributed by atoms with Crippen molar-refractivity contribution in [2.45, 2.75) is 6.42 Å². The predicted molar refractivity (Wildman–Crippen MR) is 45.3 cm³/mol. The number of nitriles is 1. The number of methoxy groups -OCH3 is 1. The Hall–Kier alpha value is -1.96. The van der Waals surface area contributed by atoms with Crippen LogP contribution in [-0.2, 0) is 0 Å². The highest BCUT2D eigenvalue weighted by Gasteiger charge is 2.14. The van der Waals surface area contributed by atoms with Crippen LogP contribution in [0.25, 0.3) is 0 Å². The number of carbonyl (C=O) groups excluding carboxylic acids is 1. The summed E-state index contributed by atoms with van der Waals surface area (Å²) in [5.74, 6) is -1.25. The Bertz CT molecular complexity index is 398. The zero-order valence-electron chi connectivity index (χ0n) is 7.45. The smallest absolute Gasteiger partial charge is 0.213 e. The van der Waals surface area contributed by atoms with Crippen LogP contribution in [0.4, 0.5) is 4.39 Å². The number of hydrogen-bond acceptors (Lipinski definition) is 4. The van der Waals surface area contributed by atoms with Gasteiger partial charge in [0, 0.05) is 6.07 Å². The van der Waals surface area contributed by atoms with E-state index in [1.165, 1.54) is 13.2 Å². The molecular formula is C9H7FN2O2. The number of pyridine rings is 1. The van der Waals surface area contributed by atoms with Crippen LogP contribution >= 0.6 is 0 Å². The van der Waals surface area contributed by atoms with Gasteiger partial charge in [-0.2, -0.15) is 5.26 Å². The Balaban J connectivity index is 3.07. The molecular weight excluding hydrogens is 187 g/mol. The third kappa shape index (κ3) is 2.04. The quantitative estimate of drug-likeness (QED) is 0.681. The lowest BCUT2D eigenvalue weighted by Crippen LogP contribution is -2.05. The van der Waals surface area contributed by atoms with Crippen LogP contribution in [0, 0.1) is 17.1 Å². The monoisotopic (exact) mass is 194 g/mol. The van der Waals surface area contributed by atoms with E-state index < -0.39 is 18.0 Å². The largest absolute Gasteiger partial charge is 0.481 e. The topological polar surface area (TPSA) is 63.0 Å². The summed E-state index contributed by atoms with van der Waals surface area (Å²) in [6.45, 7) is 0. The Labute approximate surface area is 79.9 Å². The van der Waals surface area contributed by atoms with Gasteiger partial charge in [-0.25, -0.2) is 9.37 Å². The Morgan fingerprint density at radius 1 is 1.71 bits per heavy atom. The molecule has 0 saturated heterocycles. The van der Waals surface area contributed by atoms with Crippen LogP contribution in [0.5, 0.6) is 5.88 Å². The predicted octanol–water partition coefficient (Wildman–Crippen LogP) is 1.33. The van der Waals surface area contributed by atoms with Crippen LogP contribution < -0.4 is 4.74 Å². The number of nitrogens with zero attached hydrogens (tertiary/aromatic N) is 2. The molecule has 0 fully saturated rings. The summed E-state index contributed by atoms with van der Waals surface area (Å²) in [6.07, 6.45) is -0.392. The van der Waals surface area contributed by atoms with Gasteiger partial charge in [-0.15, -0.1) is 0 Å². The minimum absolute atomic E-state index is 0.146. The summed E-state index contributed by atoms with van der Waals surface area (Å²) in [6, 6.07) is 4.02. The van der Waals surface area contributed by atoms with Gasteiger partial charge in [0.2, 0.25) is 5.88 Å². The van der Waals surface area contributed by atoms with Crippen molar-refractivity contribution in [2.24, 2.45) is 0 Å². The van der Waals surface area contributed by atoms with Crippen LogP contribution in [0.2, 0.25) is 0 Å². The molecule has 1 aromatic rings. The zero-order chi connectivity index (χ0) is 10.6. The normalized spacial score (nSPS) is 9.21. The molecule has 0 spiro atoms. The van der Waals surface area contributed by atoms with Crippen molar-refractivity contribution in [3.8, 4) is 11.9 Å². The maximum atomic E-state index is 13.0. The minimum Gasteiger partial charge on any atom is -0.481 e. The number of ketones is 1. The number of ether oxygens (including phenoxy) is 1. The maximum absolute atomic E-state index is 13.0. The van der Waals surface area contributed by atoms with Gasteiger partial charge in [-0.3, -0.25) is 4.79 Å². The molecule has 0 aromatic carbocycles.